The van der Waals surface area contributed by atoms with Gasteiger partial charge in [-0.2, -0.15) is 0 Å². The molecule has 1 aromatic heterocycles. The summed E-state index contributed by atoms with van der Waals surface area (Å²) < 4.78 is 30.4. The largest absolute Gasteiger partial charge is 0.466 e. The maximum atomic E-state index is 12.8. The summed E-state index contributed by atoms with van der Waals surface area (Å²) in [6.45, 7) is 3.44. The van der Waals surface area contributed by atoms with E-state index < -0.39 is 12.4 Å². The predicted octanol–water partition coefficient (Wildman–Crippen LogP) is 1.89. The van der Waals surface area contributed by atoms with Gasteiger partial charge in [-0.05, 0) is 25.5 Å². The Morgan fingerprint density at radius 3 is 2.72 bits per heavy atom. The van der Waals surface area contributed by atoms with Crippen LogP contribution in [0.2, 0.25) is 0 Å². The topological polar surface area (TPSA) is 65.2 Å². The summed E-state index contributed by atoms with van der Waals surface area (Å²) in [5.74, 6) is -0.433. The van der Waals surface area contributed by atoms with Crippen LogP contribution in [-0.4, -0.2) is 17.6 Å². The van der Waals surface area contributed by atoms with E-state index in [0.717, 1.165) is 0 Å². The monoisotopic (exact) mass is 258 g/mol. The lowest BCUT2D eigenvalue weighted by molar-refractivity contribution is -0.142. The maximum absolute atomic E-state index is 12.8. The van der Waals surface area contributed by atoms with Gasteiger partial charge in [0.15, 0.2) is 0 Å². The summed E-state index contributed by atoms with van der Waals surface area (Å²) >= 11 is 0. The van der Waals surface area contributed by atoms with Gasteiger partial charge < -0.3 is 10.5 Å². The number of aromatic nitrogens is 1. The first kappa shape index (κ1) is 14.5. The Morgan fingerprint density at radius 2 is 2.22 bits per heavy atom. The average Bonchev–Trinajstić information content (AvgIpc) is 2.27. The summed E-state index contributed by atoms with van der Waals surface area (Å²) in [6, 6.07) is 1.47. The van der Waals surface area contributed by atoms with E-state index in [9.17, 15) is 13.6 Å². The number of hydrogen-bond donors (Lipinski definition) is 1. The molecule has 0 saturated heterocycles. The molecule has 1 heterocycles. The summed E-state index contributed by atoms with van der Waals surface area (Å²) in [6.07, 6.45) is -2.65. The minimum atomic E-state index is -2.62. The molecule has 0 aliphatic heterocycles. The number of nitrogens with zero attached hydrogens (tertiary/aromatic N) is 1. The van der Waals surface area contributed by atoms with Gasteiger partial charge >= 0.3 is 5.97 Å². The molecule has 4 nitrogen and oxygen atoms in total. The second-order valence-electron chi connectivity index (χ2n) is 3.78. The second-order valence-corrected chi connectivity index (χ2v) is 3.78. The van der Waals surface area contributed by atoms with Crippen molar-refractivity contribution < 1.29 is 18.3 Å². The van der Waals surface area contributed by atoms with Crippen molar-refractivity contribution >= 4 is 5.97 Å². The number of nitrogens with two attached hydrogens (primary N) is 1. The molecule has 0 aromatic carbocycles. The van der Waals surface area contributed by atoms with Crippen LogP contribution in [0.1, 0.15) is 35.9 Å². The van der Waals surface area contributed by atoms with Gasteiger partial charge in [-0.1, -0.05) is 0 Å². The third kappa shape index (κ3) is 3.46. The molecule has 0 amide bonds. The molecule has 1 rings (SSSR count). The van der Waals surface area contributed by atoms with Gasteiger partial charge in [0.05, 0.1) is 24.4 Å². The number of esters is 1. The third-order valence-electron chi connectivity index (χ3n) is 2.44. The van der Waals surface area contributed by atoms with E-state index in [4.69, 9.17) is 10.5 Å². The summed E-state index contributed by atoms with van der Waals surface area (Å²) in [4.78, 5) is 15.3. The zero-order valence-electron chi connectivity index (χ0n) is 10.4. The van der Waals surface area contributed by atoms with E-state index in [1.54, 1.807) is 13.8 Å². The summed E-state index contributed by atoms with van der Waals surface area (Å²) in [7, 11) is 0. The average molecular weight is 258 g/mol. The number of alkyl halides is 2. The van der Waals surface area contributed by atoms with Crippen LogP contribution in [0.5, 0.6) is 0 Å². The summed E-state index contributed by atoms with van der Waals surface area (Å²) in [5, 5.41) is 0. The van der Waals surface area contributed by atoms with Crippen molar-refractivity contribution in [2.45, 2.75) is 33.2 Å². The second kappa shape index (κ2) is 6.39. The quantitative estimate of drug-likeness (QED) is 0.819. The number of rotatable bonds is 5. The van der Waals surface area contributed by atoms with Crippen LogP contribution >= 0.6 is 0 Å². The normalized spacial score (nSPS) is 10.8. The van der Waals surface area contributed by atoms with Crippen molar-refractivity contribution in [3.63, 3.8) is 0 Å². The zero-order valence-corrected chi connectivity index (χ0v) is 10.4. The fraction of sp³-hybridized carbons (Fsp3) is 0.500. The van der Waals surface area contributed by atoms with E-state index in [2.05, 4.69) is 4.98 Å². The minimum absolute atomic E-state index is 0.0365. The van der Waals surface area contributed by atoms with Gasteiger partial charge in [-0.15, -0.1) is 0 Å². The summed E-state index contributed by atoms with van der Waals surface area (Å²) in [5.41, 5.74) is 6.17. The number of carbonyl (C=O) groups excluding carboxylic acids is 1. The molecule has 0 bridgehead atoms. The lowest BCUT2D eigenvalue weighted by atomic mass is 10.1. The van der Waals surface area contributed by atoms with Gasteiger partial charge in [-0.25, -0.2) is 8.78 Å². The van der Waals surface area contributed by atoms with Crippen LogP contribution in [-0.2, 0) is 22.5 Å². The van der Waals surface area contributed by atoms with Crippen LogP contribution < -0.4 is 5.73 Å². The van der Waals surface area contributed by atoms with Crippen LogP contribution in [0.4, 0.5) is 8.78 Å². The van der Waals surface area contributed by atoms with Crippen molar-refractivity contribution in [3.05, 3.63) is 28.6 Å². The molecular formula is C12H16F2N2O2. The van der Waals surface area contributed by atoms with E-state index >= 15 is 0 Å². The van der Waals surface area contributed by atoms with E-state index in [-0.39, 0.29) is 30.8 Å². The first-order valence-electron chi connectivity index (χ1n) is 5.62. The molecule has 0 fully saturated rings. The minimum Gasteiger partial charge on any atom is -0.466 e. The number of halogens is 2. The van der Waals surface area contributed by atoms with Crippen LogP contribution in [0.3, 0.4) is 0 Å². The lowest BCUT2D eigenvalue weighted by Crippen LogP contribution is -2.13. The van der Waals surface area contributed by atoms with E-state index in [1.165, 1.54) is 6.07 Å². The Balaban J connectivity index is 3.03. The molecule has 2 N–H and O–H groups in total. The molecule has 0 saturated carbocycles. The molecule has 0 atom stereocenters. The van der Waals surface area contributed by atoms with E-state index in [1.807, 2.05) is 0 Å². The molecule has 0 aliphatic carbocycles. The molecule has 0 unspecified atom stereocenters. The van der Waals surface area contributed by atoms with Gasteiger partial charge in [-0.3, -0.25) is 9.78 Å². The highest BCUT2D eigenvalue weighted by molar-refractivity contribution is 5.72. The highest BCUT2D eigenvalue weighted by atomic mass is 19.3. The molecule has 0 radical (unpaired) electrons. The molecule has 6 heteroatoms. The maximum Gasteiger partial charge on any atom is 0.311 e. The van der Waals surface area contributed by atoms with Gasteiger partial charge in [0.25, 0.3) is 6.43 Å². The first-order valence-corrected chi connectivity index (χ1v) is 5.62. The van der Waals surface area contributed by atoms with Crippen LogP contribution in [0, 0.1) is 6.92 Å². The van der Waals surface area contributed by atoms with Crippen molar-refractivity contribution in [2.24, 2.45) is 5.73 Å². The Kier molecular flexibility index (Phi) is 5.15. The Labute approximate surface area is 104 Å². The van der Waals surface area contributed by atoms with Crippen molar-refractivity contribution in [1.29, 1.82) is 0 Å². The fourth-order valence-corrected chi connectivity index (χ4v) is 1.73. The predicted molar refractivity (Wildman–Crippen MR) is 62.2 cm³/mol. The molecule has 1 aromatic rings. The fourth-order valence-electron chi connectivity index (χ4n) is 1.73. The highest BCUT2D eigenvalue weighted by Gasteiger charge is 2.18. The van der Waals surface area contributed by atoms with Crippen molar-refractivity contribution in [1.82, 2.24) is 4.98 Å². The molecular weight excluding hydrogens is 242 g/mol. The molecule has 0 aliphatic rings. The van der Waals surface area contributed by atoms with Gasteiger partial charge in [0, 0.05) is 12.1 Å². The van der Waals surface area contributed by atoms with Crippen LogP contribution in [0.15, 0.2) is 6.07 Å². The lowest BCUT2D eigenvalue weighted by Gasteiger charge is -2.12. The Morgan fingerprint density at radius 1 is 1.56 bits per heavy atom. The van der Waals surface area contributed by atoms with Crippen molar-refractivity contribution in [2.75, 3.05) is 6.61 Å². The number of aryl methyl sites for hydroxylation is 1. The van der Waals surface area contributed by atoms with Crippen LogP contribution in [0.25, 0.3) is 0 Å². The smallest absolute Gasteiger partial charge is 0.311 e. The SMILES string of the molecule is CCOC(=O)Cc1cc(C)c(C(F)F)c(CN)n1. The Bertz CT molecular complexity index is 436. The van der Waals surface area contributed by atoms with Crippen molar-refractivity contribution in [3.8, 4) is 0 Å². The number of hydrogen-bond acceptors (Lipinski definition) is 4. The number of pyridine rings is 1. The molecule has 18 heavy (non-hydrogen) atoms. The first-order chi connectivity index (χ1) is 8.49. The van der Waals surface area contributed by atoms with E-state index in [0.29, 0.717) is 11.3 Å². The molecule has 100 valence electrons. The Hall–Kier alpha value is -1.56. The number of carbonyl (C=O) groups is 1. The third-order valence-corrected chi connectivity index (χ3v) is 2.44. The number of ether oxygens (including phenoxy) is 1. The highest BCUT2D eigenvalue weighted by Crippen LogP contribution is 2.26. The van der Waals surface area contributed by atoms with Gasteiger partial charge in [0.1, 0.15) is 0 Å². The van der Waals surface area contributed by atoms with Gasteiger partial charge in [0.2, 0.25) is 0 Å². The molecule has 0 spiro atoms. The zero-order chi connectivity index (χ0) is 13.7. The standard InChI is InChI=1S/C12H16F2N2O2/c1-3-18-10(17)5-8-4-7(2)11(12(13)14)9(6-15)16-8/h4,12H,3,5-6,15H2,1-2H3.